The minimum atomic E-state index is -3.04. The second-order valence-electron chi connectivity index (χ2n) is 4.55. The molecule has 2 aromatic rings. The molecule has 0 radical (unpaired) electrons. The first-order valence-corrected chi connectivity index (χ1v) is 7.78. The number of fused-ring (bicyclic) bond motifs is 1. The normalized spacial score (nSPS) is 13.7. The quantitative estimate of drug-likeness (QED) is 0.899. The van der Waals surface area contributed by atoms with Crippen molar-refractivity contribution >= 4 is 20.7 Å². The topological polar surface area (TPSA) is 73.0 Å². The Kier molecular flexibility index (Phi) is 3.63. The molecule has 4 nitrogen and oxygen atoms in total. The summed E-state index contributed by atoms with van der Waals surface area (Å²) in [5, 5.41) is 1.07. The first kappa shape index (κ1) is 13.0. The number of para-hydroxylation sites is 1. The third kappa shape index (κ3) is 3.51. The van der Waals surface area contributed by atoms with Gasteiger partial charge in [-0.15, -0.1) is 0 Å². The summed E-state index contributed by atoms with van der Waals surface area (Å²) in [6, 6.07) is 11.3. The lowest BCUT2D eigenvalue weighted by Crippen LogP contribution is -2.31. The van der Waals surface area contributed by atoms with Gasteiger partial charge in [-0.3, -0.25) is 4.98 Å². The number of nitrogens with zero attached hydrogens (tertiary/aromatic N) is 1. The van der Waals surface area contributed by atoms with Crippen molar-refractivity contribution in [3.63, 3.8) is 0 Å². The van der Waals surface area contributed by atoms with E-state index in [1.807, 2.05) is 36.4 Å². The van der Waals surface area contributed by atoms with Crippen molar-refractivity contribution in [1.29, 1.82) is 0 Å². The van der Waals surface area contributed by atoms with E-state index < -0.39 is 15.9 Å². The van der Waals surface area contributed by atoms with E-state index in [4.69, 9.17) is 5.73 Å². The van der Waals surface area contributed by atoms with Gasteiger partial charge in [-0.25, -0.2) is 8.42 Å². The molecular formula is C13H16N2O2S. The molecule has 18 heavy (non-hydrogen) atoms. The van der Waals surface area contributed by atoms with Gasteiger partial charge in [-0.1, -0.05) is 24.3 Å². The van der Waals surface area contributed by atoms with Crippen LogP contribution >= 0.6 is 0 Å². The van der Waals surface area contributed by atoms with E-state index in [2.05, 4.69) is 4.98 Å². The molecule has 96 valence electrons. The van der Waals surface area contributed by atoms with Crippen LogP contribution in [0.3, 0.4) is 0 Å². The number of aromatic nitrogens is 1. The van der Waals surface area contributed by atoms with Crippen molar-refractivity contribution in [2.45, 2.75) is 12.5 Å². The van der Waals surface area contributed by atoms with Crippen molar-refractivity contribution < 1.29 is 8.42 Å². The summed E-state index contributed by atoms with van der Waals surface area (Å²) in [5.74, 6) is -0.0124. The molecule has 2 N–H and O–H groups in total. The Morgan fingerprint density at radius 1 is 1.22 bits per heavy atom. The highest BCUT2D eigenvalue weighted by molar-refractivity contribution is 7.90. The summed E-state index contributed by atoms with van der Waals surface area (Å²) in [7, 11) is -3.04. The molecule has 1 unspecified atom stereocenters. The highest BCUT2D eigenvalue weighted by atomic mass is 32.2. The second-order valence-corrected chi connectivity index (χ2v) is 6.74. The molecule has 0 aliphatic carbocycles. The zero-order chi connectivity index (χ0) is 13.2. The first-order chi connectivity index (χ1) is 8.44. The Balaban J connectivity index is 2.17. The van der Waals surface area contributed by atoms with Crippen LogP contribution in [0.5, 0.6) is 0 Å². The van der Waals surface area contributed by atoms with Crippen LogP contribution < -0.4 is 5.73 Å². The van der Waals surface area contributed by atoms with Crippen LogP contribution in [0.2, 0.25) is 0 Å². The van der Waals surface area contributed by atoms with Gasteiger partial charge >= 0.3 is 0 Å². The Hall–Kier alpha value is -1.46. The maximum atomic E-state index is 11.1. The van der Waals surface area contributed by atoms with Gasteiger partial charge in [-0.2, -0.15) is 0 Å². The second kappa shape index (κ2) is 5.04. The molecule has 0 aliphatic rings. The van der Waals surface area contributed by atoms with Gasteiger partial charge in [0.05, 0.1) is 11.3 Å². The van der Waals surface area contributed by atoms with Crippen molar-refractivity contribution in [2.24, 2.45) is 5.73 Å². The molecule has 0 saturated heterocycles. The Bertz CT molecular complexity index is 653. The molecular weight excluding hydrogens is 248 g/mol. The zero-order valence-electron chi connectivity index (χ0n) is 10.2. The molecule has 1 aromatic heterocycles. The van der Waals surface area contributed by atoms with E-state index in [1.165, 1.54) is 6.26 Å². The lowest BCUT2D eigenvalue weighted by Gasteiger charge is -2.10. The average Bonchev–Trinajstić information content (AvgIpc) is 2.26. The van der Waals surface area contributed by atoms with Crippen LogP contribution in [0.25, 0.3) is 10.9 Å². The molecule has 0 saturated carbocycles. The summed E-state index contributed by atoms with van der Waals surface area (Å²) in [6.45, 7) is 0. The fraction of sp³-hybridized carbons (Fsp3) is 0.308. The first-order valence-electron chi connectivity index (χ1n) is 5.72. The largest absolute Gasteiger partial charge is 0.326 e. The zero-order valence-corrected chi connectivity index (χ0v) is 11.0. The van der Waals surface area contributed by atoms with Gasteiger partial charge in [0.1, 0.15) is 9.84 Å². The van der Waals surface area contributed by atoms with Crippen LogP contribution in [-0.2, 0) is 16.3 Å². The molecule has 5 heteroatoms. The lowest BCUT2D eigenvalue weighted by atomic mass is 10.1. The summed E-state index contributed by atoms with van der Waals surface area (Å²) < 4.78 is 22.3. The average molecular weight is 264 g/mol. The smallest absolute Gasteiger partial charge is 0.148 e. The van der Waals surface area contributed by atoms with E-state index in [9.17, 15) is 8.42 Å². The molecule has 0 aliphatic heterocycles. The Morgan fingerprint density at radius 3 is 2.67 bits per heavy atom. The fourth-order valence-electron chi connectivity index (χ4n) is 1.94. The van der Waals surface area contributed by atoms with Crippen LogP contribution in [0, 0.1) is 0 Å². The summed E-state index contributed by atoms with van der Waals surface area (Å²) in [6.07, 6.45) is 1.67. The number of benzene rings is 1. The molecule has 0 amide bonds. The van der Waals surface area contributed by atoms with E-state index in [1.54, 1.807) is 0 Å². The molecule has 2 rings (SSSR count). The maximum absolute atomic E-state index is 11.1. The number of hydrogen-bond acceptors (Lipinski definition) is 4. The van der Waals surface area contributed by atoms with E-state index in [-0.39, 0.29) is 5.75 Å². The van der Waals surface area contributed by atoms with Gasteiger partial charge in [0, 0.05) is 29.8 Å². The van der Waals surface area contributed by atoms with Gasteiger partial charge < -0.3 is 5.73 Å². The van der Waals surface area contributed by atoms with Crippen LogP contribution in [0.15, 0.2) is 36.4 Å². The number of rotatable bonds is 4. The molecule has 1 aromatic carbocycles. The maximum Gasteiger partial charge on any atom is 0.148 e. The van der Waals surface area contributed by atoms with Crippen LogP contribution in [0.1, 0.15) is 5.69 Å². The van der Waals surface area contributed by atoms with Gasteiger partial charge in [0.2, 0.25) is 0 Å². The van der Waals surface area contributed by atoms with Gasteiger partial charge in [-0.05, 0) is 12.1 Å². The van der Waals surface area contributed by atoms with Crippen LogP contribution in [-0.4, -0.2) is 31.5 Å². The summed E-state index contributed by atoms with van der Waals surface area (Å²) in [4.78, 5) is 4.47. The Labute approximate surface area is 107 Å². The van der Waals surface area contributed by atoms with E-state index >= 15 is 0 Å². The number of pyridine rings is 1. The molecule has 0 fully saturated rings. The number of sulfone groups is 1. The molecule has 1 atom stereocenters. The third-order valence-corrected chi connectivity index (χ3v) is 3.68. The predicted molar refractivity (Wildman–Crippen MR) is 73.1 cm³/mol. The van der Waals surface area contributed by atoms with Crippen LogP contribution in [0.4, 0.5) is 0 Å². The minimum absolute atomic E-state index is 0.0124. The predicted octanol–water partition coefficient (Wildman–Crippen LogP) is 1.15. The minimum Gasteiger partial charge on any atom is -0.326 e. The fourth-order valence-corrected chi connectivity index (χ4v) is 2.83. The van der Waals surface area contributed by atoms with E-state index in [0.29, 0.717) is 6.42 Å². The number of hydrogen-bond donors (Lipinski definition) is 1. The standard InChI is InChI=1S/C13H16N2O2S/c1-18(16,17)9-11(14)8-12-7-6-10-4-2-3-5-13(10)15-12/h2-7,11H,8-9,14H2,1H3. The molecule has 0 bridgehead atoms. The van der Waals surface area contributed by atoms with Gasteiger partial charge in [0.25, 0.3) is 0 Å². The van der Waals surface area contributed by atoms with Crippen molar-refractivity contribution in [2.75, 3.05) is 12.0 Å². The number of nitrogens with two attached hydrogens (primary N) is 1. The van der Waals surface area contributed by atoms with Gasteiger partial charge in [0.15, 0.2) is 0 Å². The SMILES string of the molecule is CS(=O)(=O)CC(N)Cc1ccc2ccccc2n1. The highest BCUT2D eigenvalue weighted by Gasteiger charge is 2.12. The Morgan fingerprint density at radius 2 is 1.94 bits per heavy atom. The van der Waals surface area contributed by atoms with Crippen molar-refractivity contribution in [3.05, 3.63) is 42.1 Å². The highest BCUT2D eigenvalue weighted by Crippen LogP contribution is 2.12. The summed E-state index contributed by atoms with van der Waals surface area (Å²) >= 11 is 0. The molecule has 1 heterocycles. The lowest BCUT2D eigenvalue weighted by molar-refractivity contribution is 0.591. The third-order valence-electron chi connectivity index (χ3n) is 2.64. The molecule has 0 spiro atoms. The van der Waals surface area contributed by atoms with Crippen molar-refractivity contribution in [1.82, 2.24) is 4.98 Å². The van der Waals surface area contributed by atoms with E-state index in [0.717, 1.165) is 16.6 Å². The van der Waals surface area contributed by atoms with Crippen molar-refractivity contribution in [3.8, 4) is 0 Å². The monoisotopic (exact) mass is 264 g/mol. The summed E-state index contributed by atoms with van der Waals surface area (Å²) in [5.41, 5.74) is 7.54.